The highest BCUT2D eigenvalue weighted by Gasteiger charge is 2.14. The van der Waals surface area contributed by atoms with E-state index in [1.54, 1.807) is 13.2 Å². The van der Waals surface area contributed by atoms with E-state index in [1.165, 1.54) is 6.20 Å². The first-order valence-electron chi connectivity index (χ1n) is 6.61. The molecule has 0 amide bonds. The summed E-state index contributed by atoms with van der Waals surface area (Å²) in [6, 6.07) is 1.54. The monoisotopic (exact) mass is 269 g/mol. The maximum absolute atomic E-state index is 13.3. The summed E-state index contributed by atoms with van der Waals surface area (Å²) in [5.41, 5.74) is 0.874. The van der Waals surface area contributed by atoms with Crippen molar-refractivity contribution in [1.82, 2.24) is 10.3 Å². The summed E-state index contributed by atoms with van der Waals surface area (Å²) in [7, 11) is 3.52. The Kier molecular flexibility index (Phi) is 6.73. The molecule has 0 saturated heterocycles. The molecule has 0 aliphatic heterocycles. The van der Waals surface area contributed by atoms with Crippen molar-refractivity contribution < 1.29 is 9.13 Å². The van der Waals surface area contributed by atoms with E-state index in [0.29, 0.717) is 19.1 Å². The highest BCUT2D eigenvalue weighted by Crippen LogP contribution is 2.19. The number of hydrogen-bond acceptors (Lipinski definition) is 4. The van der Waals surface area contributed by atoms with Gasteiger partial charge in [-0.1, -0.05) is 13.8 Å². The molecular formula is C14H24FN3O. The highest BCUT2D eigenvalue weighted by molar-refractivity contribution is 5.47. The Balaban J connectivity index is 2.98. The van der Waals surface area contributed by atoms with Crippen molar-refractivity contribution in [2.24, 2.45) is 5.92 Å². The van der Waals surface area contributed by atoms with Crippen LogP contribution in [-0.4, -0.2) is 38.8 Å². The van der Waals surface area contributed by atoms with E-state index >= 15 is 0 Å². The molecule has 4 nitrogen and oxygen atoms in total. The smallest absolute Gasteiger partial charge is 0.141 e. The summed E-state index contributed by atoms with van der Waals surface area (Å²) in [6.45, 7) is 7.16. The molecular weight excluding hydrogens is 245 g/mol. The van der Waals surface area contributed by atoms with Crippen LogP contribution in [0.15, 0.2) is 12.3 Å². The number of hydrogen-bond donors (Lipinski definition) is 1. The topological polar surface area (TPSA) is 37.4 Å². The van der Waals surface area contributed by atoms with Crippen LogP contribution in [-0.2, 0) is 11.3 Å². The van der Waals surface area contributed by atoms with Gasteiger partial charge in [0.05, 0.1) is 12.8 Å². The van der Waals surface area contributed by atoms with Crippen molar-refractivity contribution >= 4 is 5.82 Å². The minimum Gasteiger partial charge on any atom is -0.383 e. The molecule has 0 saturated carbocycles. The number of aromatic nitrogens is 1. The van der Waals surface area contributed by atoms with Gasteiger partial charge >= 0.3 is 0 Å². The lowest BCUT2D eigenvalue weighted by Gasteiger charge is -2.27. The molecule has 0 radical (unpaired) electrons. The second kappa shape index (κ2) is 8.07. The number of nitrogens with zero attached hydrogens (tertiary/aromatic N) is 2. The molecule has 0 fully saturated rings. The first kappa shape index (κ1) is 15.9. The van der Waals surface area contributed by atoms with Crippen molar-refractivity contribution in [2.75, 3.05) is 38.8 Å². The normalized spacial score (nSPS) is 11.1. The van der Waals surface area contributed by atoms with Crippen LogP contribution in [0, 0.1) is 11.7 Å². The van der Waals surface area contributed by atoms with Crippen molar-refractivity contribution in [1.29, 1.82) is 0 Å². The third kappa shape index (κ3) is 5.12. The van der Waals surface area contributed by atoms with Gasteiger partial charge in [0.1, 0.15) is 11.6 Å². The van der Waals surface area contributed by atoms with Gasteiger partial charge in [-0.2, -0.15) is 0 Å². The maximum Gasteiger partial charge on any atom is 0.141 e. The summed E-state index contributed by atoms with van der Waals surface area (Å²) >= 11 is 0. The van der Waals surface area contributed by atoms with Crippen molar-refractivity contribution in [3.63, 3.8) is 0 Å². The number of anilines is 1. The number of rotatable bonds is 8. The Morgan fingerprint density at radius 3 is 2.79 bits per heavy atom. The largest absolute Gasteiger partial charge is 0.383 e. The fourth-order valence-corrected chi connectivity index (χ4v) is 2.01. The highest BCUT2D eigenvalue weighted by atomic mass is 19.1. The van der Waals surface area contributed by atoms with Crippen LogP contribution < -0.4 is 10.2 Å². The van der Waals surface area contributed by atoms with Gasteiger partial charge in [0.25, 0.3) is 0 Å². The number of halogens is 1. The van der Waals surface area contributed by atoms with Gasteiger partial charge in [-0.25, -0.2) is 9.37 Å². The molecule has 19 heavy (non-hydrogen) atoms. The summed E-state index contributed by atoms with van der Waals surface area (Å²) < 4.78 is 18.5. The summed E-state index contributed by atoms with van der Waals surface area (Å²) in [4.78, 5) is 6.41. The van der Waals surface area contributed by atoms with Crippen LogP contribution in [0.5, 0.6) is 0 Å². The minimum absolute atomic E-state index is 0.301. The first-order chi connectivity index (χ1) is 9.08. The average molecular weight is 269 g/mol. The number of ether oxygens (including phenoxy) is 1. The Bertz CT molecular complexity index is 385. The minimum atomic E-state index is -0.301. The maximum atomic E-state index is 13.3. The third-order valence-corrected chi connectivity index (χ3v) is 2.73. The van der Waals surface area contributed by atoms with E-state index in [2.05, 4.69) is 29.0 Å². The quantitative estimate of drug-likeness (QED) is 0.784. The Morgan fingerprint density at radius 2 is 2.21 bits per heavy atom. The van der Waals surface area contributed by atoms with Gasteiger partial charge in [-0.05, 0) is 19.0 Å². The molecule has 1 aromatic rings. The van der Waals surface area contributed by atoms with E-state index in [1.807, 2.05) is 7.05 Å². The van der Waals surface area contributed by atoms with E-state index in [0.717, 1.165) is 24.5 Å². The summed E-state index contributed by atoms with van der Waals surface area (Å²) in [5.74, 6) is 1.04. The Hall–Kier alpha value is -1.20. The van der Waals surface area contributed by atoms with Gasteiger partial charge in [0.2, 0.25) is 0 Å². The fraction of sp³-hybridized carbons (Fsp3) is 0.643. The number of nitrogens with one attached hydrogen (secondary N) is 1. The lowest BCUT2D eigenvalue weighted by molar-refractivity contribution is 0.204. The van der Waals surface area contributed by atoms with Crippen LogP contribution in [0.1, 0.15) is 19.4 Å². The second-order valence-corrected chi connectivity index (χ2v) is 5.00. The first-order valence-corrected chi connectivity index (χ1v) is 6.61. The zero-order valence-electron chi connectivity index (χ0n) is 12.2. The van der Waals surface area contributed by atoms with Gasteiger partial charge in [0, 0.05) is 32.3 Å². The molecule has 0 aliphatic carbocycles. The molecule has 1 N–H and O–H groups in total. The van der Waals surface area contributed by atoms with Gasteiger partial charge in [0.15, 0.2) is 0 Å². The zero-order valence-corrected chi connectivity index (χ0v) is 12.2. The molecule has 0 atom stereocenters. The second-order valence-electron chi connectivity index (χ2n) is 5.00. The van der Waals surface area contributed by atoms with Crippen LogP contribution in [0.2, 0.25) is 0 Å². The van der Waals surface area contributed by atoms with Crippen molar-refractivity contribution in [3.05, 3.63) is 23.6 Å². The van der Waals surface area contributed by atoms with Gasteiger partial charge in [-0.3, -0.25) is 0 Å². The fourth-order valence-electron chi connectivity index (χ4n) is 2.01. The molecule has 5 heteroatoms. The molecule has 1 rings (SSSR count). The van der Waals surface area contributed by atoms with E-state index in [-0.39, 0.29) is 5.82 Å². The molecule has 108 valence electrons. The lowest BCUT2D eigenvalue weighted by Crippen LogP contribution is -2.33. The lowest BCUT2D eigenvalue weighted by atomic mass is 10.1. The molecule has 0 aromatic carbocycles. The number of methoxy groups -OCH3 is 1. The predicted octanol–water partition coefficient (Wildman–Crippen LogP) is 2.05. The predicted molar refractivity (Wildman–Crippen MR) is 75.9 cm³/mol. The van der Waals surface area contributed by atoms with Crippen LogP contribution >= 0.6 is 0 Å². The van der Waals surface area contributed by atoms with Crippen LogP contribution in [0.25, 0.3) is 0 Å². The van der Waals surface area contributed by atoms with Gasteiger partial charge in [-0.15, -0.1) is 0 Å². The number of pyridine rings is 1. The zero-order chi connectivity index (χ0) is 14.3. The van der Waals surface area contributed by atoms with Crippen LogP contribution in [0.3, 0.4) is 0 Å². The van der Waals surface area contributed by atoms with E-state index in [9.17, 15) is 4.39 Å². The van der Waals surface area contributed by atoms with Gasteiger partial charge < -0.3 is 15.0 Å². The summed E-state index contributed by atoms with van der Waals surface area (Å²) in [5, 5.41) is 3.05. The molecule has 0 bridgehead atoms. The summed E-state index contributed by atoms with van der Waals surface area (Å²) in [6.07, 6.45) is 1.27. The molecule has 0 unspecified atom stereocenters. The molecule has 0 spiro atoms. The van der Waals surface area contributed by atoms with E-state index in [4.69, 9.17) is 4.74 Å². The SMILES string of the molecule is CNCc1cc(F)cnc1N(CCOC)CC(C)C. The van der Waals surface area contributed by atoms with E-state index < -0.39 is 0 Å². The van der Waals surface area contributed by atoms with Crippen molar-refractivity contribution in [2.45, 2.75) is 20.4 Å². The molecule has 0 aliphatic rings. The standard InChI is InChI=1S/C14H24FN3O/c1-11(2)10-18(5-6-19-4)14-12(8-16-3)7-13(15)9-17-14/h7,9,11,16H,5-6,8,10H2,1-4H3. The third-order valence-electron chi connectivity index (χ3n) is 2.73. The molecule has 1 heterocycles. The molecule has 1 aromatic heterocycles. The van der Waals surface area contributed by atoms with Crippen molar-refractivity contribution in [3.8, 4) is 0 Å². The Labute approximate surface area is 115 Å². The Morgan fingerprint density at radius 1 is 1.47 bits per heavy atom. The van der Waals surface area contributed by atoms with Crippen LogP contribution in [0.4, 0.5) is 10.2 Å². The average Bonchev–Trinajstić information content (AvgIpc) is 2.35.